The zero-order valence-corrected chi connectivity index (χ0v) is 13.2. The molecule has 116 valence electrons. The standard InChI is InChI=1S/C16H17ClN2O3/c1-3-6-22-15-5-4-12(17)8-13(15)19-16(21)14-7-11(9-18-14)10(2)20/h4-5,7-9,18H,3,6H2,1-2H3,(H,19,21). The van der Waals surface area contributed by atoms with Gasteiger partial charge in [0.2, 0.25) is 0 Å². The van der Waals surface area contributed by atoms with E-state index in [-0.39, 0.29) is 11.7 Å². The number of aromatic amines is 1. The minimum Gasteiger partial charge on any atom is -0.491 e. The summed E-state index contributed by atoms with van der Waals surface area (Å²) in [6.45, 7) is 3.98. The Labute approximate surface area is 133 Å². The van der Waals surface area contributed by atoms with Crippen LogP contribution in [0.3, 0.4) is 0 Å². The molecule has 0 aliphatic carbocycles. The van der Waals surface area contributed by atoms with Crippen molar-refractivity contribution in [3.05, 3.63) is 46.7 Å². The highest BCUT2D eigenvalue weighted by atomic mass is 35.5. The molecule has 2 rings (SSSR count). The van der Waals surface area contributed by atoms with Crippen LogP contribution in [0, 0.1) is 0 Å². The number of aromatic nitrogens is 1. The number of Topliss-reactive ketones (excluding diaryl/α,β-unsaturated/α-hetero) is 1. The van der Waals surface area contributed by atoms with Crippen LogP contribution in [0.2, 0.25) is 5.02 Å². The number of ether oxygens (including phenoxy) is 1. The lowest BCUT2D eigenvalue weighted by molar-refractivity contribution is 0.101. The highest BCUT2D eigenvalue weighted by molar-refractivity contribution is 6.31. The van der Waals surface area contributed by atoms with Crippen molar-refractivity contribution in [3.63, 3.8) is 0 Å². The number of halogens is 1. The normalized spacial score (nSPS) is 10.3. The Morgan fingerprint density at radius 2 is 2.09 bits per heavy atom. The average Bonchev–Trinajstić information content (AvgIpc) is 2.96. The van der Waals surface area contributed by atoms with E-state index in [0.29, 0.717) is 34.3 Å². The van der Waals surface area contributed by atoms with E-state index in [0.717, 1.165) is 6.42 Å². The molecule has 2 aromatic rings. The van der Waals surface area contributed by atoms with Crippen molar-refractivity contribution in [2.75, 3.05) is 11.9 Å². The van der Waals surface area contributed by atoms with Gasteiger partial charge < -0.3 is 15.0 Å². The molecule has 0 radical (unpaired) electrons. The molecule has 0 atom stereocenters. The maximum atomic E-state index is 12.2. The van der Waals surface area contributed by atoms with E-state index in [1.165, 1.54) is 19.2 Å². The number of carbonyl (C=O) groups is 2. The predicted octanol–water partition coefficient (Wildman–Crippen LogP) is 3.91. The Bertz CT molecular complexity index is 694. The van der Waals surface area contributed by atoms with E-state index in [2.05, 4.69) is 10.3 Å². The second-order valence-electron chi connectivity index (χ2n) is 4.80. The molecule has 1 aromatic carbocycles. The molecular weight excluding hydrogens is 304 g/mol. The number of carbonyl (C=O) groups excluding carboxylic acids is 2. The lowest BCUT2D eigenvalue weighted by atomic mass is 10.2. The van der Waals surface area contributed by atoms with Crippen LogP contribution in [0.4, 0.5) is 5.69 Å². The maximum absolute atomic E-state index is 12.2. The molecule has 0 aliphatic rings. The first kappa shape index (κ1) is 16.1. The van der Waals surface area contributed by atoms with Gasteiger partial charge in [-0.2, -0.15) is 0 Å². The molecule has 0 unspecified atom stereocenters. The van der Waals surface area contributed by atoms with Crippen LogP contribution in [-0.4, -0.2) is 23.3 Å². The number of rotatable bonds is 6. The van der Waals surface area contributed by atoms with Gasteiger partial charge in [-0.05, 0) is 37.6 Å². The summed E-state index contributed by atoms with van der Waals surface area (Å²) in [6.07, 6.45) is 2.36. The third kappa shape index (κ3) is 3.89. The largest absolute Gasteiger partial charge is 0.491 e. The minimum absolute atomic E-state index is 0.106. The van der Waals surface area contributed by atoms with E-state index in [1.807, 2.05) is 6.92 Å². The summed E-state index contributed by atoms with van der Waals surface area (Å²) >= 11 is 5.97. The van der Waals surface area contributed by atoms with E-state index in [9.17, 15) is 9.59 Å². The highest BCUT2D eigenvalue weighted by Crippen LogP contribution is 2.28. The van der Waals surface area contributed by atoms with Crippen LogP contribution in [0.15, 0.2) is 30.5 Å². The molecule has 0 saturated carbocycles. The second kappa shape index (κ2) is 7.13. The fourth-order valence-electron chi connectivity index (χ4n) is 1.86. The van der Waals surface area contributed by atoms with E-state index < -0.39 is 0 Å². The highest BCUT2D eigenvalue weighted by Gasteiger charge is 2.13. The first-order chi connectivity index (χ1) is 10.5. The molecule has 0 spiro atoms. The second-order valence-corrected chi connectivity index (χ2v) is 5.24. The van der Waals surface area contributed by atoms with Crippen LogP contribution in [0.25, 0.3) is 0 Å². The molecular formula is C16H17ClN2O3. The summed E-state index contributed by atoms with van der Waals surface area (Å²) in [6, 6.07) is 6.54. The molecule has 1 heterocycles. The zero-order chi connectivity index (χ0) is 16.1. The van der Waals surface area contributed by atoms with Gasteiger partial charge in [0.15, 0.2) is 5.78 Å². The number of H-pyrrole nitrogens is 1. The smallest absolute Gasteiger partial charge is 0.272 e. The first-order valence-corrected chi connectivity index (χ1v) is 7.32. The minimum atomic E-state index is -0.365. The Morgan fingerprint density at radius 3 is 2.73 bits per heavy atom. The van der Waals surface area contributed by atoms with Crippen LogP contribution in [0.1, 0.15) is 41.1 Å². The Balaban J connectivity index is 2.19. The summed E-state index contributed by atoms with van der Waals surface area (Å²) in [4.78, 5) is 26.3. The number of ketones is 1. The number of benzene rings is 1. The molecule has 1 amide bonds. The Hall–Kier alpha value is -2.27. The van der Waals surface area contributed by atoms with Gasteiger partial charge in [-0.15, -0.1) is 0 Å². The van der Waals surface area contributed by atoms with Gasteiger partial charge in [-0.3, -0.25) is 9.59 Å². The van der Waals surface area contributed by atoms with Crippen molar-refractivity contribution >= 4 is 29.0 Å². The zero-order valence-electron chi connectivity index (χ0n) is 12.4. The third-order valence-electron chi connectivity index (χ3n) is 2.99. The van der Waals surface area contributed by atoms with Gasteiger partial charge in [-0.1, -0.05) is 18.5 Å². The molecule has 0 bridgehead atoms. The Kier molecular flexibility index (Phi) is 5.22. The average molecular weight is 321 g/mol. The summed E-state index contributed by atoms with van der Waals surface area (Å²) in [7, 11) is 0. The summed E-state index contributed by atoms with van der Waals surface area (Å²) in [5.41, 5.74) is 1.25. The van der Waals surface area contributed by atoms with Crippen LogP contribution >= 0.6 is 11.6 Å². The van der Waals surface area contributed by atoms with E-state index >= 15 is 0 Å². The van der Waals surface area contributed by atoms with Crippen molar-refractivity contribution in [1.29, 1.82) is 0 Å². The molecule has 6 heteroatoms. The fourth-order valence-corrected chi connectivity index (χ4v) is 2.03. The summed E-state index contributed by atoms with van der Waals surface area (Å²) in [5, 5.41) is 3.23. The first-order valence-electron chi connectivity index (χ1n) is 6.94. The van der Waals surface area contributed by atoms with Crippen LogP contribution in [-0.2, 0) is 0 Å². The van der Waals surface area contributed by atoms with Crippen molar-refractivity contribution in [1.82, 2.24) is 4.98 Å². The molecule has 1 aromatic heterocycles. The predicted molar refractivity (Wildman–Crippen MR) is 86.0 cm³/mol. The molecule has 0 aliphatic heterocycles. The third-order valence-corrected chi connectivity index (χ3v) is 3.22. The van der Waals surface area contributed by atoms with Crippen molar-refractivity contribution < 1.29 is 14.3 Å². The summed E-state index contributed by atoms with van der Waals surface area (Å²) < 4.78 is 5.58. The molecule has 0 saturated heterocycles. The van der Waals surface area contributed by atoms with Gasteiger partial charge in [0, 0.05) is 16.8 Å². The molecule has 0 fully saturated rings. The number of nitrogens with one attached hydrogen (secondary N) is 2. The Morgan fingerprint density at radius 1 is 1.32 bits per heavy atom. The van der Waals surface area contributed by atoms with Crippen molar-refractivity contribution in [2.45, 2.75) is 20.3 Å². The SMILES string of the molecule is CCCOc1ccc(Cl)cc1NC(=O)c1cc(C(C)=O)c[nH]1. The monoisotopic (exact) mass is 320 g/mol. The van der Waals surface area contributed by atoms with Crippen molar-refractivity contribution in [2.24, 2.45) is 0 Å². The van der Waals surface area contributed by atoms with Crippen molar-refractivity contribution in [3.8, 4) is 5.75 Å². The lowest BCUT2D eigenvalue weighted by Gasteiger charge is -2.12. The van der Waals surface area contributed by atoms with Crippen LogP contribution < -0.4 is 10.1 Å². The van der Waals surface area contributed by atoms with Crippen LogP contribution in [0.5, 0.6) is 5.75 Å². The maximum Gasteiger partial charge on any atom is 0.272 e. The molecule has 22 heavy (non-hydrogen) atoms. The van der Waals surface area contributed by atoms with E-state index in [1.54, 1.807) is 18.2 Å². The number of hydrogen-bond acceptors (Lipinski definition) is 3. The number of hydrogen-bond donors (Lipinski definition) is 2. The lowest BCUT2D eigenvalue weighted by Crippen LogP contribution is -2.13. The number of anilines is 1. The quantitative estimate of drug-likeness (QED) is 0.793. The van der Waals surface area contributed by atoms with Gasteiger partial charge >= 0.3 is 0 Å². The topological polar surface area (TPSA) is 71.2 Å². The van der Waals surface area contributed by atoms with Gasteiger partial charge in [0.05, 0.1) is 12.3 Å². The van der Waals surface area contributed by atoms with E-state index in [4.69, 9.17) is 16.3 Å². The van der Waals surface area contributed by atoms with Gasteiger partial charge in [0.25, 0.3) is 5.91 Å². The fraction of sp³-hybridized carbons (Fsp3) is 0.250. The molecule has 5 nitrogen and oxygen atoms in total. The summed E-state index contributed by atoms with van der Waals surface area (Å²) in [5.74, 6) is 0.0825. The van der Waals surface area contributed by atoms with Gasteiger partial charge in [0.1, 0.15) is 11.4 Å². The number of amides is 1. The molecule has 2 N–H and O–H groups in total. The van der Waals surface area contributed by atoms with Gasteiger partial charge in [-0.25, -0.2) is 0 Å².